The molecule has 4 aliphatic carbocycles. The summed E-state index contributed by atoms with van der Waals surface area (Å²) < 4.78 is 5.16. The molecule has 0 unspecified atom stereocenters. The van der Waals surface area contributed by atoms with Crippen molar-refractivity contribution in [2.45, 2.75) is 83.0 Å². The first kappa shape index (κ1) is 21.3. The lowest BCUT2D eigenvalue weighted by Crippen LogP contribution is -2.67. The van der Waals surface area contributed by atoms with Crippen LogP contribution in [0.4, 0.5) is 4.79 Å². The zero-order chi connectivity index (χ0) is 22.2. The molecule has 9 atom stereocenters. The van der Waals surface area contributed by atoms with E-state index in [4.69, 9.17) is 9.84 Å². The van der Waals surface area contributed by atoms with Crippen molar-refractivity contribution in [3.63, 3.8) is 0 Å². The molecule has 5 aliphatic rings. The molecule has 7 nitrogen and oxygen atoms in total. The number of amides is 1. The number of cyclic esters (lactones) is 1. The van der Waals surface area contributed by atoms with Gasteiger partial charge in [0.25, 0.3) is 0 Å². The maximum Gasteiger partial charge on any atom is 0.404 e. The fourth-order valence-electron chi connectivity index (χ4n) is 8.70. The summed E-state index contributed by atoms with van der Waals surface area (Å²) in [6.45, 7) is 4.60. The van der Waals surface area contributed by atoms with Crippen molar-refractivity contribution in [3.05, 3.63) is 11.6 Å². The van der Waals surface area contributed by atoms with Gasteiger partial charge in [-0.05, 0) is 86.0 Å². The summed E-state index contributed by atoms with van der Waals surface area (Å²) in [6, 6.07) is -0.00306. The van der Waals surface area contributed by atoms with E-state index in [0.717, 1.165) is 44.1 Å². The van der Waals surface area contributed by atoms with Gasteiger partial charge in [0, 0.05) is 17.5 Å². The highest BCUT2D eigenvalue weighted by atomic mass is 16.5. The van der Waals surface area contributed by atoms with Crippen LogP contribution >= 0.6 is 0 Å². The number of rotatable bonds is 2. The number of carbonyl (C=O) groups excluding carboxylic acids is 1. The van der Waals surface area contributed by atoms with E-state index >= 15 is 0 Å². The molecule has 0 aromatic carbocycles. The fourth-order valence-corrected chi connectivity index (χ4v) is 8.70. The van der Waals surface area contributed by atoms with Crippen LogP contribution in [-0.2, 0) is 9.53 Å². The summed E-state index contributed by atoms with van der Waals surface area (Å²) in [6.07, 6.45) is 6.48. The molecule has 1 aliphatic heterocycles. The summed E-state index contributed by atoms with van der Waals surface area (Å²) >= 11 is 0. The average Bonchev–Trinajstić information content (AvgIpc) is 3.24. The van der Waals surface area contributed by atoms with Crippen molar-refractivity contribution >= 4 is 12.1 Å². The number of fused-ring (bicyclic) bond motifs is 5. The summed E-state index contributed by atoms with van der Waals surface area (Å²) in [5, 5.41) is 35.5. The zero-order valence-corrected chi connectivity index (χ0v) is 18.5. The van der Waals surface area contributed by atoms with Crippen molar-refractivity contribution in [3.8, 4) is 0 Å². The molecule has 7 heteroatoms. The van der Waals surface area contributed by atoms with Crippen LogP contribution in [0.1, 0.15) is 65.2 Å². The Morgan fingerprint density at radius 1 is 1.13 bits per heavy atom. The quantitative estimate of drug-likeness (QED) is 0.498. The van der Waals surface area contributed by atoms with Crippen LogP contribution in [0.5, 0.6) is 0 Å². The number of hydrogen-bond donors (Lipinski definition) is 4. The minimum atomic E-state index is -0.962. The van der Waals surface area contributed by atoms with Crippen LogP contribution in [0.25, 0.3) is 0 Å². The molecule has 0 aromatic rings. The molecule has 4 N–H and O–H groups in total. The monoisotopic (exact) mass is 433 g/mol. The van der Waals surface area contributed by atoms with E-state index in [1.54, 1.807) is 6.08 Å². The number of aliphatic hydroxyl groups is 2. The predicted octanol–water partition coefficient (Wildman–Crippen LogP) is 2.85. The van der Waals surface area contributed by atoms with Gasteiger partial charge in [-0.15, -0.1) is 0 Å². The molecule has 1 amide bonds. The van der Waals surface area contributed by atoms with Crippen molar-refractivity contribution in [2.75, 3.05) is 6.61 Å². The van der Waals surface area contributed by atoms with Crippen molar-refractivity contribution in [1.29, 1.82) is 0 Å². The van der Waals surface area contributed by atoms with Gasteiger partial charge < -0.3 is 25.4 Å². The molecule has 5 rings (SSSR count). The molecule has 0 bridgehead atoms. The highest BCUT2D eigenvalue weighted by molar-refractivity contribution is 5.85. The van der Waals surface area contributed by atoms with Crippen LogP contribution in [0, 0.1) is 34.5 Å². The van der Waals surface area contributed by atoms with Gasteiger partial charge in [0.2, 0.25) is 0 Å². The summed E-state index contributed by atoms with van der Waals surface area (Å²) in [4.78, 5) is 22.8. The second-order valence-electron chi connectivity index (χ2n) is 11.3. The second-order valence-corrected chi connectivity index (χ2v) is 11.3. The summed E-state index contributed by atoms with van der Waals surface area (Å²) in [5.74, 6) is 0.382. The topological polar surface area (TPSA) is 116 Å². The van der Waals surface area contributed by atoms with Crippen LogP contribution < -0.4 is 5.32 Å². The van der Waals surface area contributed by atoms with Gasteiger partial charge in [-0.3, -0.25) is 0 Å². The third kappa shape index (κ3) is 2.85. The van der Waals surface area contributed by atoms with Crippen molar-refractivity contribution in [1.82, 2.24) is 5.32 Å². The van der Waals surface area contributed by atoms with Gasteiger partial charge >= 0.3 is 12.1 Å². The summed E-state index contributed by atoms with van der Waals surface area (Å²) in [5.41, 5.74) is -0.724. The lowest BCUT2D eigenvalue weighted by atomic mass is 9.42. The number of hydrogen-bond acceptors (Lipinski definition) is 5. The van der Waals surface area contributed by atoms with E-state index in [1.807, 2.05) is 6.92 Å². The molecular weight excluding hydrogens is 398 g/mol. The third-order valence-corrected chi connectivity index (χ3v) is 10.4. The number of carboxylic acid groups (broad SMARTS) is 1. The van der Waals surface area contributed by atoms with Crippen molar-refractivity contribution < 1.29 is 29.6 Å². The molecule has 0 spiro atoms. The molecule has 4 saturated carbocycles. The third-order valence-electron chi connectivity index (χ3n) is 10.4. The lowest BCUT2D eigenvalue weighted by Gasteiger charge is -2.65. The molecular formula is C24H35NO6. The van der Waals surface area contributed by atoms with Gasteiger partial charge in [0.15, 0.2) is 0 Å². The van der Waals surface area contributed by atoms with Crippen LogP contribution in [0.15, 0.2) is 11.6 Å². The maximum absolute atomic E-state index is 12.2. The Balaban J connectivity index is 1.44. The smallest absolute Gasteiger partial charge is 0.404 e. The van der Waals surface area contributed by atoms with E-state index in [0.29, 0.717) is 18.8 Å². The lowest BCUT2D eigenvalue weighted by molar-refractivity contribution is -0.242. The highest BCUT2D eigenvalue weighted by Gasteiger charge is 2.70. The van der Waals surface area contributed by atoms with E-state index in [1.165, 1.54) is 0 Å². The first-order valence-electron chi connectivity index (χ1n) is 11.9. The van der Waals surface area contributed by atoms with E-state index in [2.05, 4.69) is 12.2 Å². The fraction of sp³-hybridized carbons (Fsp3) is 0.833. The minimum Gasteiger partial charge on any atom is -0.465 e. The Morgan fingerprint density at radius 2 is 1.90 bits per heavy atom. The largest absolute Gasteiger partial charge is 0.465 e. The number of carbonyl (C=O) groups is 2. The second kappa shape index (κ2) is 6.95. The Morgan fingerprint density at radius 3 is 2.58 bits per heavy atom. The Hall–Kier alpha value is -1.60. The first-order chi connectivity index (χ1) is 14.6. The van der Waals surface area contributed by atoms with Gasteiger partial charge in [0.05, 0.1) is 11.7 Å². The average molecular weight is 434 g/mol. The van der Waals surface area contributed by atoms with E-state index in [-0.39, 0.29) is 41.8 Å². The maximum atomic E-state index is 12.2. The first-order valence-corrected chi connectivity index (χ1v) is 11.9. The molecule has 1 heterocycles. The predicted molar refractivity (Wildman–Crippen MR) is 112 cm³/mol. The van der Waals surface area contributed by atoms with Crippen LogP contribution in [-0.4, -0.2) is 51.7 Å². The minimum absolute atomic E-state index is 0.00142. The Labute approximate surface area is 183 Å². The van der Waals surface area contributed by atoms with Crippen LogP contribution in [0.3, 0.4) is 0 Å². The van der Waals surface area contributed by atoms with Crippen LogP contribution in [0.2, 0.25) is 0 Å². The number of aliphatic hydroxyl groups excluding tert-OH is 1. The highest BCUT2D eigenvalue weighted by Crippen LogP contribution is 2.69. The van der Waals surface area contributed by atoms with E-state index in [9.17, 15) is 19.8 Å². The SMILES string of the molecule is C[C@@]12CC[C@@H](NC(=O)O)C[C@H]1CC[C@@H]1[C@H]2C[C@@H](O)[C@@]2(C)[C@@H](C3=CC(=O)OC3)CC[C@@]12O. The normalized spacial score (nSPS) is 51.2. The van der Waals surface area contributed by atoms with Gasteiger partial charge in [0.1, 0.15) is 6.61 Å². The molecule has 172 valence electrons. The van der Waals surface area contributed by atoms with Gasteiger partial charge in [-0.25, -0.2) is 9.59 Å². The molecule has 4 fully saturated rings. The number of nitrogens with one attached hydrogen (secondary N) is 1. The Bertz CT molecular complexity index is 827. The van der Waals surface area contributed by atoms with Gasteiger partial charge in [-0.1, -0.05) is 13.8 Å². The standard InChI is InChI=1S/C24H35NO6/c1-22-7-5-15(25-21(28)29)10-14(22)3-4-17-18(22)11-19(26)23(2)16(6-8-24(17,23)30)13-9-20(27)31-12-13/h9,14-19,25-26,30H,3-8,10-12H2,1-2H3,(H,28,29)/t14-,15-,16-,17-,18-,19-,22-,23-,24-/m1/s1. The molecule has 0 aromatic heterocycles. The Kier molecular flexibility index (Phi) is 4.76. The zero-order valence-electron chi connectivity index (χ0n) is 18.5. The molecule has 0 saturated heterocycles. The van der Waals surface area contributed by atoms with Crippen molar-refractivity contribution in [2.24, 2.45) is 34.5 Å². The molecule has 31 heavy (non-hydrogen) atoms. The summed E-state index contributed by atoms with van der Waals surface area (Å²) in [7, 11) is 0. The number of esters is 1. The van der Waals surface area contributed by atoms with Gasteiger partial charge in [-0.2, -0.15) is 0 Å². The van der Waals surface area contributed by atoms with E-state index < -0.39 is 23.2 Å². The number of ether oxygens (including phenoxy) is 1. The molecule has 0 radical (unpaired) electrons.